The Morgan fingerprint density at radius 3 is 2.53 bits per heavy atom. The number of nitrogens with one attached hydrogen (secondary N) is 1. The van der Waals surface area contributed by atoms with Crippen LogP contribution in [0.25, 0.3) is 0 Å². The molecule has 186 valence electrons. The quantitative estimate of drug-likeness (QED) is 0.221. The summed E-state index contributed by atoms with van der Waals surface area (Å²) in [5.41, 5.74) is 5.08. The molecular formula is C27H38N2O5. The third kappa shape index (κ3) is 5.95. The highest BCUT2D eigenvalue weighted by Gasteiger charge is 2.67. The lowest BCUT2D eigenvalue weighted by Gasteiger charge is -2.48. The predicted octanol–water partition coefficient (Wildman–Crippen LogP) is 5.13. The summed E-state index contributed by atoms with van der Waals surface area (Å²) >= 11 is 0. The molecule has 1 heterocycles. The normalized spacial score (nSPS) is 29.0. The fourth-order valence-corrected chi connectivity index (χ4v) is 4.72. The fourth-order valence-electron chi connectivity index (χ4n) is 4.72. The topological polar surface area (TPSA) is 81.7 Å². The van der Waals surface area contributed by atoms with Crippen LogP contribution in [0.2, 0.25) is 0 Å². The zero-order valence-corrected chi connectivity index (χ0v) is 21.2. The Kier molecular flexibility index (Phi) is 8.68. The maximum atomic E-state index is 12.4. The van der Waals surface area contributed by atoms with Gasteiger partial charge in [-0.3, -0.25) is 4.79 Å². The highest BCUT2D eigenvalue weighted by molar-refractivity contribution is 5.90. The molecule has 0 aromatic heterocycles. The molecule has 0 amide bonds. The van der Waals surface area contributed by atoms with Crippen molar-refractivity contribution in [3.05, 3.63) is 53.6 Å². The van der Waals surface area contributed by atoms with Crippen LogP contribution in [0.4, 0.5) is 0 Å². The van der Waals surface area contributed by atoms with Crippen molar-refractivity contribution in [2.75, 3.05) is 13.7 Å². The summed E-state index contributed by atoms with van der Waals surface area (Å²) in [6, 6.07) is 9.24. The zero-order chi connectivity index (χ0) is 24.8. The van der Waals surface area contributed by atoms with Crippen molar-refractivity contribution in [1.29, 1.82) is 0 Å². The number of ether oxygens (including phenoxy) is 2. The molecule has 3 rings (SSSR count). The van der Waals surface area contributed by atoms with Gasteiger partial charge < -0.3 is 19.1 Å². The second kappa shape index (κ2) is 11.3. The monoisotopic (exact) mass is 470 g/mol. The third-order valence-corrected chi connectivity index (χ3v) is 7.01. The van der Waals surface area contributed by atoms with Gasteiger partial charge in [0.05, 0.1) is 36.3 Å². The largest absolute Gasteiger partial charge is 0.379 e. The smallest absolute Gasteiger partial charge is 0.328 e. The highest BCUT2D eigenvalue weighted by atomic mass is 16.7. The van der Waals surface area contributed by atoms with E-state index < -0.39 is 5.41 Å². The first-order valence-corrected chi connectivity index (χ1v) is 11.9. The van der Waals surface area contributed by atoms with Gasteiger partial charge in [-0.1, -0.05) is 46.7 Å². The average molecular weight is 471 g/mol. The molecule has 2 aliphatic rings. The van der Waals surface area contributed by atoms with Gasteiger partial charge >= 0.3 is 5.97 Å². The molecule has 1 spiro atoms. The van der Waals surface area contributed by atoms with Gasteiger partial charge in [-0.15, -0.1) is 5.48 Å². The van der Waals surface area contributed by atoms with E-state index in [9.17, 15) is 4.79 Å². The second-order valence-corrected chi connectivity index (χ2v) is 9.70. The van der Waals surface area contributed by atoms with Gasteiger partial charge in [0.2, 0.25) is 0 Å². The van der Waals surface area contributed by atoms with E-state index in [2.05, 4.69) is 37.5 Å². The van der Waals surface area contributed by atoms with Gasteiger partial charge in [-0.05, 0) is 66.0 Å². The maximum Gasteiger partial charge on any atom is 0.328 e. The Hall–Kier alpha value is -2.48. The first-order chi connectivity index (χ1) is 16.2. The van der Waals surface area contributed by atoms with Crippen molar-refractivity contribution in [2.24, 2.45) is 10.6 Å². The van der Waals surface area contributed by atoms with Crippen LogP contribution in [0.3, 0.4) is 0 Å². The predicted molar refractivity (Wildman–Crippen MR) is 132 cm³/mol. The molecular weight excluding hydrogens is 432 g/mol. The number of hydrogen-bond acceptors (Lipinski definition) is 7. The van der Waals surface area contributed by atoms with Gasteiger partial charge in [0.1, 0.15) is 5.60 Å². The minimum Gasteiger partial charge on any atom is -0.379 e. The number of hydroxylamine groups is 1. The van der Waals surface area contributed by atoms with E-state index in [4.69, 9.17) is 19.1 Å². The number of rotatable bonds is 10. The molecule has 1 aliphatic heterocycles. The fraction of sp³-hybridized carbons (Fsp3) is 0.556. The van der Waals surface area contributed by atoms with E-state index in [1.54, 1.807) is 7.11 Å². The van der Waals surface area contributed by atoms with Crippen LogP contribution in [0.1, 0.15) is 60.3 Å². The van der Waals surface area contributed by atoms with Crippen LogP contribution in [0.5, 0.6) is 5.75 Å². The van der Waals surface area contributed by atoms with Crippen molar-refractivity contribution in [3.63, 3.8) is 0 Å². The van der Waals surface area contributed by atoms with Gasteiger partial charge in [0.15, 0.2) is 5.75 Å². The summed E-state index contributed by atoms with van der Waals surface area (Å²) < 4.78 is 11.9. The minimum atomic E-state index is -0.557. The molecule has 0 radical (unpaired) electrons. The Morgan fingerprint density at radius 2 is 1.91 bits per heavy atom. The van der Waals surface area contributed by atoms with Crippen LogP contribution in [-0.4, -0.2) is 43.1 Å². The number of carbonyl (C=O) groups excluding carboxylic acids is 1. The van der Waals surface area contributed by atoms with Crippen LogP contribution in [0.15, 0.2) is 58.8 Å². The number of para-hydroxylation sites is 1. The number of hydrogen-bond donors (Lipinski definition) is 1. The lowest BCUT2D eigenvalue weighted by atomic mass is 9.61. The number of benzene rings is 1. The van der Waals surface area contributed by atoms with Gasteiger partial charge in [-0.25, -0.2) is 0 Å². The van der Waals surface area contributed by atoms with Crippen molar-refractivity contribution >= 4 is 11.7 Å². The molecule has 1 aliphatic carbocycles. The molecule has 7 nitrogen and oxygen atoms in total. The molecule has 1 unspecified atom stereocenters. The maximum absolute atomic E-state index is 12.4. The van der Waals surface area contributed by atoms with E-state index >= 15 is 0 Å². The first kappa shape index (κ1) is 26.1. The molecule has 7 heteroatoms. The minimum absolute atomic E-state index is 0.203. The lowest BCUT2D eigenvalue weighted by Crippen LogP contribution is -2.63. The van der Waals surface area contributed by atoms with Crippen molar-refractivity contribution in [3.8, 4) is 5.75 Å². The summed E-state index contributed by atoms with van der Waals surface area (Å²) in [5, 5.41) is 4.44. The SMILES string of the molecule is CO[C@@H]1C(NOC(=O)C/C(C)=C/CC=C(C)C)CC[C@]2(CO2)[C@@]1(C)/C(C)=N/Oc1ccccc1. The number of methoxy groups -OCH3 is 1. The van der Waals surface area contributed by atoms with Crippen LogP contribution in [-0.2, 0) is 19.1 Å². The van der Waals surface area contributed by atoms with E-state index in [0.717, 1.165) is 30.5 Å². The number of nitrogens with zero attached hydrogens (tertiary/aromatic N) is 1. The molecule has 1 aromatic rings. The molecule has 34 heavy (non-hydrogen) atoms. The van der Waals surface area contributed by atoms with Crippen molar-refractivity contribution in [1.82, 2.24) is 5.48 Å². The summed E-state index contributed by atoms with van der Waals surface area (Å²) in [7, 11) is 1.67. The van der Waals surface area contributed by atoms with Crippen molar-refractivity contribution in [2.45, 2.75) is 78.0 Å². The van der Waals surface area contributed by atoms with E-state index in [1.807, 2.05) is 50.3 Å². The van der Waals surface area contributed by atoms with E-state index in [1.165, 1.54) is 5.57 Å². The number of oxime groups is 1. The number of carbonyl (C=O) groups is 1. The lowest BCUT2D eigenvalue weighted by molar-refractivity contribution is -0.160. The standard InChI is InChI=1S/C27H38N2O5/c1-19(2)11-10-12-20(3)17-24(30)34-29-23-15-16-27(18-32-27)26(5,25(23)31-6)21(4)28-33-22-13-8-7-9-14-22/h7-9,11-14,23,25,29H,10,15-18H2,1-6H3/b20-12+,28-21+/t23?,25-,26+,27+/m1/s1. The van der Waals surface area contributed by atoms with Gasteiger partial charge in [0.25, 0.3) is 0 Å². The first-order valence-electron chi connectivity index (χ1n) is 11.9. The molecule has 2 fully saturated rings. The second-order valence-electron chi connectivity index (χ2n) is 9.70. The number of allylic oxidation sites excluding steroid dienone is 3. The average Bonchev–Trinajstić information content (AvgIpc) is 3.60. The summed E-state index contributed by atoms with van der Waals surface area (Å²) in [6.07, 6.45) is 6.46. The molecule has 1 saturated heterocycles. The molecule has 1 N–H and O–H groups in total. The van der Waals surface area contributed by atoms with Crippen molar-refractivity contribution < 1.29 is 23.9 Å². The summed E-state index contributed by atoms with van der Waals surface area (Å²) in [4.78, 5) is 23.6. The summed E-state index contributed by atoms with van der Waals surface area (Å²) in [6.45, 7) is 10.7. The zero-order valence-electron chi connectivity index (χ0n) is 21.2. The van der Waals surface area contributed by atoms with Crippen LogP contribution >= 0.6 is 0 Å². The highest BCUT2D eigenvalue weighted by Crippen LogP contribution is 2.55. The molecule has 1 aromatic carbocycles. The Bertz CT molecular complexity index is 932. The van der Waals surface area contributed by atoms with Crippen LogP contribution in [0, 0.1) is 5.41 Å². The number of epoxide rings is 1. The van der Waals surface area contributed by atoms with E-state index in [0.29, 0.717) is 12.4 Å². The molecule has 4 atom stereocenters. The van der Waals surface area contributed by atoms with E-state index in [-0.39, 0.29) is 30.1 Å². The van der Waals surface area contributed by atoms with Gasteiger partial charge in [-0.2, -0.15) is 0 Å². The third-order valence-electron chi connectivity index (χ3n) is 7.01. The molecule has 1 saturated carbocycles. The Morgan fingerprint density at radius 1 is 1.21 bits per heavy atom. The Balaban J connectivity index is 1.67. The molecule has 0 bridgehead atoms. The Labute approximate surface area is 203 Å². The summed E-state index contributed by atoms with van der Waals surface area (Å²) in [5.74, 6) is 0.348. The van der Waals surface area contributed by atoms with Gasteiger partial charge in [0, 0.05) is 7.11 Å². The van der Waals surface area contributed by atoms with Crippen LogP contribution < -0.4 is 10.3 Å².